The minimum atomic E-state index is -3.71. The molecule has 0 radical (unpaired) electrons. The fourth-order valence-electron chi connectivity index (χ4n) is 2.80. The lowest BCUT2D eigenvalue weighted by atomic mass is 10.0. The molecule has 10 heteroatoms. The number of hydrogen-bond acceptors (Lipinski definition) is 6. The first-order valence-electron chi connectivity index (χ1n) is 8.87. The number of fused-ring (bicyclic) bond motifs is 1. The van der Waals surface area contributed by atoms with Gasteiger partial charge in [0.25, 0.3) is 0 Å². The number of tetrazole rings is 1. The molecule has 1 amide bonds. The summed E-state index contributed by atoms with van der Waals surface area (Å²) in [6, 6.07) is 11.8. The Kier molecular flexibility index (Phi) is 4.61. The molecular weight excluding hydrogens is 384 g/mol. The van der Waals surface area contributed by atoms with Crippen LogP contribution in [0.1, 0.15) is 25.3 Å². The molecule has 2 aromatic carbocycles. The van der Waals surface area contributed by atoms with Crippen molar-refractivity contribution in [3.8, 4) is 22.9 Å². The van der Waals surface area contributed by atoms with Gasteiger partial charge in [0.15, 0.2) is 11.5 Å². The van der Waals surface area contributed by atoms with Crippen LogP contribution in [0.3, 0.4) is 0 Å². The van der Waals surface area contributed by atoms with Crippen molar-refractivity contribution in [2.24, 2.45) is 0 Å². The van der Waals surface area contributed by atoms with E-state index in [1.165, 1.54) is 23.8 Å². The van der Waals surface area contributed by atoms with E-state index in [-0.39, 0.29) is 23.7 Å². The van der Waals surface area contributed by atoms with Crippen LogP contribution in [0.25, 0.3) is 11.4 Å². The van der Waals surface area contributed by atoms with Gasteiger partial charge in [-0.2, -0.15) is 4.80 Å². The quantitative estimate of drug-likeness (QED) is 0.704. The van der Waals surface area contributed by atoms with Crippen molar-refractivity contribution in [1.82, 2.24) is 20.2 Å². The topological polar surface area (TPSA) is 91.2 Å². The molecule has 2 heterocycles. The van der Waals surface area contributed by atoms with Crippen LogP contribution in [0.4, 0.5) is 14.5 Å². The van der Waals surface area contributed by atoms with Crippen molar-refractivity contribution in [2.75, 3.05) is 5.32 Å². The van der Waals surface area contributed by atoms with Crippen molar-refractivity contribution in [1.29, 1.82) is 0 Å². The maximum atomic E-state index is 13.1. The number of anilines is 1. The van der Waals surface area contributed by atoms with Gasteiger partial charge in [-0.1, -0.05) is 38.1 Å². The molecule has 1 N–H and O–H groups in total. The number of ether oxygens (including phenoxy) is 2. The van der Waals surface area contributed by atoms with Gasteiger partial charge in [0.2, 0.25) is 11.7 Å². The van der Waals surface area contributed by atoms with Crippen LogP contribution in [0, 0.1) is 0 Å². The molecule has 0 atom stereocenters. The van der Waals surface area contributed by atoms with E-state index in [0.717, 1.165) is 10.4 Å². The number of carbonyl (C=O) groups is 1. The molecule has 0 unspecified atom stereocenters. The van der Waals surface area contributed by atoms with E-state index >= 15 is 0 Å². The molecule has 0 bridgehead atoms. The third kappa shape index (κ3) is 4.15. The van der Waals surface area contributed by atoms with Gasteiger partial charge in [0, 0.05) is 17.3 Å². The van der Waals surface area contributed by atoms with Crippen molar-refractivity contribution in [3.63, 3.8) is 0 Å². The molecule has 1 aliphatic rings. The van der Waals surface area contributed by atoms with E-state index in [1.807, 2.05) is 24.3 Å². The second kappa shape index (κ2) is 7.12. The summed E-state index contributed by atoms with van der Waals surface area (Å²) < 4.78 is 34.8. The second-order valence-electron chi connectivity index (χ2n) is 6.80. The highest BCUT2D eigenvalue weighted by atomic mass is 19.3. The van der Waals surface area contributed by atoms with E-state index in [0.29, 0.717) is 11.7 Å². The van der Waals surface area contributed by atoms with Crippen LogP contribution in [-0.2, 0) is 11.3 Å². The predicted octanol–water partition coefficient (Wildman–Crippen LogP) is 3.42. The summed E-state index contributed by atoms with van der Waals surface area (Å²) in [5.74, 6) is 0.116. The van der Waals surface area contributed by atoms with Gasteiger partial charge in [-0.3, -0.25) is 4.79 Å². The van der Waals surface area contributed by atoms with E-state index in [1.54, 1.807) is 0 Å². The van der Waals surface area contributed by atoms with Gasteiger partial charge in [-0.25, -0.2) is 0 Å². The lowest BCUT2D eigenvalue weighted by Crippen LogP contribution is -2.25. The molecular formula is C19H17F2N5O3. The fraction of sp³-hybridized carbons (Fsp3) is 0.263. The van der Waals surface area contributed by atoms with Crippen LogP contribution in [0.2, 0.25) is 0 Å². The Labute approximate surface area is 164 Å². The highest BCUT2D eigenvalue weighted by Crippen LogP contribution is 2.42. The molecule has 1 aliphatic heterocycles. The Hall–Kier alpha value is -3.56. The zero-order valence-corrected chi connectivity index (χ0v) is 15.6. The van der Waals surface area contributed by atoms with Crippen LogP contribution in [0.15, 0.2) is 42.5 Å². The number of hydrogen-bond donors (Lipinski definition) is 1. The number of amides is 1. The molecule has 150 valence electrons. The maximum absolute atomic E-state index is 13.1. The van der Waals surface area contributed by atoms with Crippen LogP contribution in [-0.4, -0.2) is 32.4 Å². The van der Waals surface area contributed by atoms with Crippen molar-refractivity contribution in [2.45, 2.75) is 32.6 Å². The SMILES string of the molecule is CC(C)c1ccc(-c2nnn(CC(=O)Nc3ccc4c(c3)OC(F)(F)O4)n2)cc1. The zero-order chi connectivity index (χ0) is 20.6. The Morgan fingerprint density at radius 2 is 1.86 bits per heavy atom. The number of aromatic nitrogens is 4. The van der Waals surface area contributed by atoms with Gasteiger partial charge < -0.3 is 14.8 Å². The molecule has 0 spiro atoms. The molecule has 1 aromatic heterocycles. The van der Waals surface area contributed by atoms with Crippen molar-refractivity contribution < 1.29 is 23.0 Å². The van der Waals surface area contributed by atoms with Crippen LogP contribution < -0.4 is 14.8 Å². The van der Waals surface area contributed by atoms with Gasteiger partial charge in [0.05, 0.1) is 0 Å². The first-order valence-corrected chi connectivity index (χ1v) is 8.87. The number of nitrogens with zero attached hydrogens (tertiary/aromatic N) is 4. The fourth-order valence-corrected chi connectivity index (χ4v) is 2.80. The van der Waals surface area contributed by atoms with Gasteiger partial charge in [-0.15, -0.1) is 19.0 Å². The first kappa shape index (κ1) is 18.8. The summed E-state index contributed by atoms with van der Waals surface area (Å²) in [6.07, 6.45) is -3.71. The average molecular weight is 401 g/mol. The van der Waals surface area contributed by atoms with Gasteiger partial charge in [-0.05, 0) is 28.8 Å². The normalized spacial score (nSPS) is 14.2. The van der Waals surface area contributed by atoms with Crippen molar-refractivity contribution in [3.05, 3.63) is 48.0 Å². The molecule has 29 heavy (non-hydrogen) atoms. The third-order valence-electron chi connectivity index (χ3n) is 4.26. The summed E-state index contributed by atoms with van der Waals surface area (Å²) in [7, 11) is 0. The molecule has 0 aliphatic carbocycles. The minimum absolute atomic E-state index is 0.0981. The highest BCUT2D eigenvalue weighted by molar-refractivity contribution is 5.90. The summed E-state index contributed by atoms with van der Waals surface area (Å²) >= 11 is 0. The summed E-state index contributed by atoms with van der Waals surface area (Å²) in [5.41, 5.74) is 2.26. The Bertz CT molecular complexity index is 1050. The molecule has 0 saturated heterocycles. The van der Waals surface area contributed by atoms with E-state index in [4.69, 9.17) is 0 Å². The molecule has 8 nitrogen and oxygen atoms in total. The number of carbonyl (C=O) groups excluding carboxylic acids is 1. The van der Waals surface area contributed by atoms with E-state index in [2.05, 4.69) is 44.0 Å². The Morgan fingerprint density at radius 3 is 2.59 bits per heavy atom. The third-order valence-corrected chi connectivity index (χ3v) is 4.26. The molecule has 4 rings (SSSR count). The Morgan fingerprint density at radius 1 is 1.14 bits per heavy atom. The molecule has 0 fully saturated rings. The smallest absolute Gasteiger partial charge is 0.395 e. The lowest BCUT2D eigenvalue weighted by molar-refractivity contribution is -0.286. The van der Waals surface area contributed by atoms with Gasteiger partial charge >= 0.3 is 6.29 Å². The predicted molar refractivity (Wildman–Crippen MR) is 98.6 cm³/mol. The zero-order valence-electron chi connectivity index (χ0n) is 15.6. The Balaban J connectivity index is 1.40. The minimum Gasteiger partial charge on any atom is -0.395 e. The van der Waals surface area contributed by atoms with Gasteiger partial charge in [0.1, 0.15) is 6.54 Å². The number of benzene rings is 2. The first-order chi connectivity index (χ1) is 13.8. The molecule has 3 aromatic rings. The van der Waals surface area contributed by atoms with Crippen molar-refractivity contribution >= 4 is 11.6 Å². The maximum Gasteiger partial charge on any atom is 0.586 e. The number of rotatable bonds is 5. The average Bonchev–Trinajstić information content (AvgIpc) is 3.23. The van der Waals surface area contributed by atoms with Crippen LogP contribution in [0.5, 0.6) is 11.5 Å². The lowest BCUT2D eigenvalue weighted by Gasteiger charge is -2.05. The standard InChI is InChI=1S/C19H17F2N5O3/c1-11(2)12-3-5-13(6-4-12)18-23-25-26(24-18)10-17(27)22-14-7-8-15-16(9-14)29-19(20,21)28-15/h3-9,11H,10H2,1-2H3,(H,22,27). The summed E-state index contributed by atoms with van der Waals surface area (Å²) in [5, 5.41) is 14.6. The highest BCUT2D eigenvalue weighted by Gasteiger charge is 2.43. The number of halogens is 2. The monoisotopic (exact) mass is 401 g/mol. The largest absolute Gasteiger partial charge is 0.586 e. The summed E-state index contributed by atoms with van der Waals surface area (Å²) in [4.78, 5) is 13.4. The number of nitrogens with one attached hydrogen (secondary N) is 1. The van der Waals surface area contributed by atoms with E-state index < -0.39 is 12.2 Å². The number of alkyl halides is 2. The van der Waals surface area contributed by atoms with Crippen LogP contribution >= 0.6 is 0 Å². The molecule has 0 saturated carbocycles. The second-order valence-corrected chi connectivity index (χ2v) is 6.80. The van der Waals surface area contributed by atoms with E-state index in [9.17, 15) is 13.6 Å². The summed E-state index contributed by atoms with van der Waals surface area (Å²) in [6.45, 7) is 4.02.